The molecule has 2 aromatic carbocycles. The molecule has 4 atom stereocenters. The van der Waals surface area contributed by atoms with Gasteiger partial charge in [0.1, 0.15) is 0 Å². The maximum Gasteiger partial charge on any atom is 0.225 e. The smallest absolute Gasteiger partial charge is 0.225 e. The highest BCUT2D eigenvalue weighted by Gasteiger charge is 2.28. The summed E-state index contributed by atoms with van der Waals surface area (Å²) in [6.07, 6.45) is 6.52. The Bertz CT molecular complexity index is 821. The van der Waals surface area contributed by atoms with Crippen LogP contribution in [0.1, 0.15) is 37.8 Å². The van der Waals surface area contributed by atoms with Gasteiger partial charge in [0, 0.05) is 0 Å². The Balaban J connectivity index is 1.96. The van der Waals surface area contributed by atoms with E-state index in [2.05, 4.69) is 42.7 Å². The number of hydrogen-bond donors (Lipinski definition) is 1. The molecule has 0 aliphatic rings. The molecule has 0 unspecified atom stereocenters. The molecule has 0 fully saturated rings. The molecule has 0 aliphatic heterocycles. The van der Waals surface area contributed by atoms with Crippen LogP contribution in [0.5, 0.6) is 0 Å². The Morgan fingerprint density at radius 3 is 1.76 bits per heavy atom. The molecule has 178 valence electrons. The quantitative estimate of drug-likeness (QED) is 0.343. The van der Waals surface area contributed by atoms with Crippen molar-refractivity contribution in [3.63, 3.8) is 0 Å². The Morgan fingerprint density at radius 2 is 1.27 bits per heavy atom. The maximum absolute atomic E-state index is 13.1. The van der Waals surface area contributed by atoms with Crippen molar-refractivity contribution in [2.75, 3.05) is 13.2 Å². The number of benzene rings is 2. The van der Waals surface area contributed by atoms with Crippen LogP contribution in [0.25, 0.3) is 0 Å². The Kier molecular flexibility index (Phi) is 12.2. The van der Waals surface area contributed by atoms with Gasteiger partial charge in [0.15, 0.2) is 0 Å². The maximum atomic E-state index is 13.1. The highest BCUT2D eigenvalue weighted by Crippen LogP contribution is 2.17. The lowest BCUT2D eigenvalue weighted by Gasteiger charge is -2.29. The summed E-state index contributed by atoms with van der Waals surface area (Å²) in [4.78, 5) is 13.1. The van der Waals surface area contributed by atoms with Crippen LogP contribution in [0, 0.1) is 5.92 Å². The molecule has 1 amide bonds. The number of carbonyl (C=O) groups is 1. The molecule has 2 rings (SSSR count). The second kappa shape index (κ2) is 15.2. The molecule has 4 heteroatoms. The number of nitrogens with one attached hydrogen (secondary N) is 1. The summed E-state index contributed by atoms with van der Waals surface area (Å²) in [7, 11) is 0. The van der Waals surface area contributed by atoms with Crippen LogP contribution in [-0.4, -0.2) is 37.4 Å². The van der Waals surface area contributed by atoms with Gasteiger partial charge < -0.3 is 14.8 Å². The molecule has 0 bridgehead atoms. The second-order valence-electron chi connectivity index (χ2n) is 8.46. The molecule has 0 heterocycles. The molecule has 1 N–H and O–H groups in total. The first-order chi connectivity index (χ1) is 16.0. The number of rotatable bonds is 16. The van der Waals surface area contributed by atoms with Gasteiger partial charge in [0.25, 0.3) is 0 Å². The number of carbonyl (C=O) groups excluding carboxylic acids is 1. The first-order valence-corrected chi connectivity index (χ1v) is 11.9. The van der Waals surface area contributed by atoms with E-state index in [1.54, 1.807) is 12.2 Å². The van der Waals surface area contributed by atoms with Crippen molar-refractivity contribution in [2.24, 2.45) is 5.92 Å². The van der Waals surface area contributed by atoms with Gasteiger partial charge in [0.05, 0.1) is 37.4 Å². The van der Waals surface area contributed by atoms with E-state index in [9.17, 15) is 4.79 Å². The van der Waals surface area contributed by atoms with Gasteiger partial charge in [-0.2, -0.15) is 0 Å². The van der Waals surface area contributed by atoms with Crippen LogP contribution in [0.4, 0.5) is 0 Å². The molecule has 0 aliphatic carbocycles. The van der Waals surface area contributed by atoms with Gasteiger partial charge in [-0.25, -0.2) is 0 Å². The summed E-state index contributed by atoms with van der Waals surface area (Å²) >= 11 is 0. The average molecular weight is 450 g/mol. The van der Waals surface area contributed by atoms with Crippen molar-refractivity contribution in [2.45, 2.75) is 57.8 Å². The predicted molar refractivity (Wildman–Crippen MR) is 136 cm³/mol. The van der Waals surface area contributed by atoms with Gasteiger partial charge in [-0.15, -0.1) is 13.2 Å². The lowest BCUT2D eigenvalue weighted by molar-refractivity contribution is -0.131. The van der Waals surface area contributed by atoms with Crippen LogP contribution >= 0.6 is 0 Å². The van der Waals surface area contributed by atoms with Crippen molar-refractivity contribution >= 4 is 5.91 Å². The highest BCUT2D eigenvalue weighted by molar-refractivity contribution is 5.79. The van der Waals surface area contributed by atoms with Crippen LogP contribution in [0.15, 0.2) is 86.0 Å². The fraction of sp³-hybridized carbons (Fsp3) is 0.414. The number of ether oxygens (including phenoxy) is 2. The average Bonchev–Trinajstić information content (AvgIpc) is 2.85. The third-order valence-electron chi connectivity index (χ3n) is 5.88. The highest BCUT2D eigenvalue weighted by atomic mass is 16.5. The first-order valence-electron chi connectivity index (χ1n) is 11.9. The van der Waals surface area contributed by atoms with E-state index in [-0.39, 0.29) is 30.1 Å². The van der Waals surface area contributed by atoms with Crippen LogP contribution in [0.3, 0.4) is 0 Å². The number of hydrogen-bond acceptors (Lipinski definition) is 3. The van der Waals surface area contributed by atoms with E-state index in [4.69, 9.17) is 9.47 Å². The predicted octanol–water partition coefficient (Wildman–Crippen LogP) is 5.54. The van der Waals surface area contributed by atoms with E-state index in [0.717, 1.165) is 25.7 Å². The molecule has 33 heavy (non-hydrogen) atoms. The summed E-state index contributed by atoms with van der Waals surface area (Å²) in [5, 5.41) is 3.18. The minimum Gasteiger partial charge on any atom is -0.373 e. The van der Waals surface area contributed by atoms with E-state index in [1.165, 1.54) is 11.1 Å². The largest absolute Gasteiger partial charge is 0.373 e. The fourth-order valence-electron chi connectivity index (χ4n) is 3.86. The second-order valence-corrected chi connectivity index (χ2v) is 8.46. The lowest BCUT2D eigenvalue weighted by atomic mass is 9.95. The summed E-state index contributed by atoms with van der Waals surface area (Å²) in [5.41, 5.74) is 2.50. The van der Waals surface area contributed by atoms with Crippen molar-refractivity contribution in [3.8, 4) is 0 Å². The van der Waals surface area contributed by atoms with Crippen molar-refractivity contribution in [1.29, 1.82) is 0 Å². The van der Waals surface area contributed by atoms with Gasteiger partial charge in [0.2, 0.25) is 5.91 Å². The fourth-order valence-corrected chi connectivity index (χ4v) is 3.86. The third-order valence-corrected chi connectivity index (χ3v) is 5.88. The Hall–Kier alpha value is -2.69. The van der Waals surface area contributed by atoms with Gasteiger partial charge in [-0.05, 0) is 43.7 Å². The molecule has 0 radical (unpaired) electrons. The van der Waals surface area contributed by atoms with Crippen molar-refractivity contribution in [1.82, 2.24) is 5.32 Å². The summed E-state index contributed by atoms with van der Waals surface area (Å²) in [6.45, 7) is 12.3. The number of amides is 1. The van der Waals surface area contributed by atoms with E-state index >= 15 is 0 Å². The molecular weight excluding hydrogens is 410 g/mol. The lowest BCUT2D eigenvalue weighted by Crippen LogP contribution is -2.47. The monoisotopic (exact) mass is 449 g/mol. The van der Waals surface area contributed by atoms with E-state index < -0.39 is 0 Å². The van der Waals surface area contributed by atoms with Crippen molar-refractivity contribution in [3.05, 3.63) is 97.1 Å². The zero-order chi connectivity index (χ0) is 23.9. The normalized spacial score (nSPS) is 14.6. The van der Waals surface area contributed by atoms with Crippen LogP contribution in [-0.2, 0) is 27.1 Å². The number of aryl methyl sites for hydroxylation is 2. The molecule has 0 spiro atoms. The molecular formula is C29H39NO3. The summed E-state index contributed by atoms with van der Waals surface area (Å²) < 4.78 is 12.0. The molecule has 0 saturated heterocycles. The van der Waals surface area contributed by atoms with Gasteiger partial charge >= 0.3 is 0 Å². The minimum absolute atomic E-state index is 0.0171. The topological polar surface area (TPSA) is 47.6 Å². The standard InChI is InChI=1S/C29H39NO3/c1-5-21-32-27(19-17-25-13-9-7-10-14-25)23(3)29(31)30-24(4)28(33-22-6-2)20-18-26-15-11-8-12-16-26/h5-16,23-24,27-28H,1-2,17-22H2,3-4H3,(H,30,31)/t23-,24-,27+,28+/m0/s1. The van der Waals surface area contributed by atoms with Gasteiger partial charge in [-0.1, -0.05) is 79.7 Å². The molecule has 0 saturated carbocycles. The summed E-state index contributed by atoms with van der Waals surface area (Å²) in [5.74, 6) is -0.304. The van der Waals surface area contributed by atoms with Crippen LogP contribution in [0.2, 0.25) is 0 Å². The third kappa shape index (κ3) is 9.77. The zero-order valence-electron chi connectivity index (χ0n) is 20.1. The van der Waals surface area contributed by atoms with Crippen LogP contribution < -0.4 is 5.32 Å². The minimum atomic E-state index is -0.287. The molecule has 4 nitrogen and oxygen atoms in total. The Morgan fingerprint density at radius 1 is 0.818 bits per heavy atom. The first kappa shape index (κ1) is 26.6. The van der Waals surface area contributed by atoms with Gasteiger partial charge in [-0.3, -0.25) is 4.79 Å². The van der Waals surface area contributed by atoms with E-state index in [1.807, 2.05) is 50.2 Å². The summed E-state index contributed by atoms with van der Waals surface area (Å²) in [6, 6.07) is 20.5. The molecule has 0 aromatic heterocycles. The van der Waals surface area contributed by atoms with E-state index in [0.29, 0.717) is 13.2 Å². The Labute approximate surface area is 199 Å². The molecule has 2 aromatic rings. The van der Waals surface area contributed by atoms with Crippen molar-refractivity contribution < 1.29 is 14.3 Å². The SMILES string of the molecule is C=CCO[C@H](CCc1ccccc1)[C@H](C)NC(=O)[C@@H](C)[C@@H](CCc1ccccc1)OCC=C. The zero-order valence-corrected chi connectivity index (χ0v) is 20.1.